The molecule has 4 aliphatic rings. The highest BCUT2D eigenvalue weighted by atomic mass is 32.2. The lowest BCUT2D eigenvalue weighted by Crippen LogP contribution is -2.29. The molecular weight excluding hydrogens is 344 g/mol. The summed E-state index contributed by atoms with van der Waals surface area (Å²) in [5.41, 5.74) is 0. The first-order valence-electron chi connectivity index (χ1n) is 9.07. The number of carbonyl (C=O) groups excluding carboxylic acids is 2. The first-order valence-corrected chi connectivity index (χ1v) is 10.8. The fraction of sp³-hybridized carbons (Fsp3) is 0.889. The second kappa shape index (κ2) is 6.11. The predicted octanol–water partition coefficient (Wildman–Crippen LogP) is 3.42. The van der Waals surface area contributed by atoms with Gasteiger partial charge in [-0.3, -0.25) is 0 Å². The van der Waals surface area contributed by atoms with Crippen molar-refractivity contribution in [3.05, 3.63) is 0 Å². The van der Waals surface area contributed by atoms with Gasteiger partial charge in [0.25, 0.3) is 0 Å². The molecule has 6 heteroatoms. The summed E-state index contributed by atoms with van der Waals surface area (Å²) in [5.74, 6) is -0.822. The van der Waals surface area contributed by atoms with E-state index >= 15 is 0 Å². The number of hydrogen-bond acceptors (Lipinski definition) is 6. The standard InChI is InChI=1S/C18H26O4S2/c1-17-5-3-11(7-13(17)23-17)9-21-15(19)16(20)22-10-12-4-6-18(2)14(8-12)24-18/h11-14H,3-10H2,1-2H3. The Morgan fingerprint density at radius 3 is 1.67 bits per heavy atom. The van der Waals surface area contributed by atoms with Crippen molar-refractivity contribution < 1.29 is 19.1 Å². The SMILES string of the molecule is CC12CCC(COC(=O)C(=O)OCC3CCC4(C)SC4C3)CC1S2. The van der Waals surface area contributed by atoms with Gasteiger partial charge in [-0.25, -0.2) is 9.59 Å². The number of rotatable bonds is 4. The van der Waals surface area contributed by atoms with E-state index in [1.54, 1.807) is 0 Å². The van der Waals surface area contributed by atoms with Gasteiger partial charge >= 0.3 is 11.9 Å². The summed E-state index contributed by atoms with van der Waals surface area (Å²) in [6.45, 7) is 5.36. The number of ether oxygens (including phenoxy) is 2. The van der Waals surface area contributed by atoms with Gasteiger partial charge in [0.2, 0.25) is 0 Å². The maximum Gasteiger partial charge on any atom is 0.417 e. The van der Waals surface area contributed by atoms with Crippen molar-refractivity contribution in [3.63, 3.8) is 0 Å². The Labute approximate surface area is 152 Å². The molecular formula is C18H26O4S2. The molecule has 0 aromatic rings. The lowest BCUT2D eigenvalue weighted by Gasteiger charge is -2.24. The topological polar surface area (TPSA) is 52.6 Å². The number of carbonyl (C=O) groups is 2. The molecule has 134 valence electrons. The number of hydrogen-bond donors (Lipinski definition) is 0. The normalized spacial score (nSPS) is 45.6. The molecule has 2 aliphatic heterocycles. The summed E-state index contributed by atoms with van der Waals surface area (Å²) in [6.07, 6.45) is 6.75. The molecule has 0 aromatic heterocycles. The third-order valence-corrected chi connectivity index (χ3v) is 9.87. The lowest BCUT2D eigenvalue weighted by atomic mass is 9.83. The van der Waals surface area contributed by atoms with Crippen LogP contribution in [-0.2, 0) is 19.1 Å². The molecule has 0 radical (unpaired) electrons. The summed E-state index contributed by atoms with van der Waals surface area (Å²) in [4.78, 5) is 23.7. The van der Waals surface area contributed by atoms with Crippen LogP contribution in [0.5, 0.6) is 0 Å². The Kier molecular flexibility index (Phi) is 4.35. The number of esters is 2. The van der Waals surface area contributed by atoms with Crippen LogP contribution in [0.2, 0.25) is 0 Å². The predicted molar refractivity (Wildman–Crippen MR) is 96.2 cm³/mol. The molecule has 0 spiro atoms. The van der Waals surface area contributed by atoms with Crippen LogP contribution < -0.4 is 0 Å². The molecule has 0 N–H and O–H groups in total. The van der Waals surface area contributed by atoms with E-state index in [2.05, 4.69) is 13.8 Å². The molecule has 6 atom stereocenters. The highest BCUT2D eigenvalue weighted by Gasteiger charge is 2.55. The average molecular weight is 371 g/mol. The van der Waals surface area contributed by atoms with Gasteiger partial charge < -0.3 is 9.47 Å². The van der Waals surface area contributed by atoms with Gasteiger partial charge in [0.05, 0.1) is 13.2 Å². The third kappa shape index (κ3) is 3.46. The van der Waals surface area contributed by atoms with Crippen molar-refractivity contribution in [2.45, 2.75) is 72.4 Å². The average Bonchev–Trinajstić information content (AvgIpc) is 3.42. The quantitative estimate of drug-likeness (QED) is 0.429. The number of thioether (sulfide) groups is 2. The van der Waals surface area contributed by atoms with Crippen molar-refractivity contribution in [2.75, 3.05) is 13.2 Å². The van der Waals surface area contributed by atoms with Crippen molar-refractivity contribution in [2.24, 2.45) is 11.8 Å². The molecule has 0 bridgehead atoms. The largest absolute Gasteiger partial charge is 0.457 e. The van der Waals surface area contributed by atoms with Gasteiger partial charge in [-0.1, -0.05) is 0 Å². The van der Waals surface area contributed by atoms with Crippen LogP contribution in [0.3, 0.4) is 0 Å². The van der Waals surface area contributed by atoms with E-state index in [0.29, 0.717) is 34.5 Å². The van der Waals surface area contributed by atoms with E-state index in [1.165, 1.54) is 12.8 Å². The van der Waals surface area contributed by atoms with E-state index in [0.717, 1.165) is 36.2 Å². The number of fused-ring (bicyclic) bond motifs is 2. The summed E-state index contributed by atoms with van der Waals surface area (Å²) in [6, 6.07) is 0. The van der Waals surface area contributed by atoms with E-state index in [1.807, 2.05) is 23.5 Å². The molecule has 2 heterocycles. The maximum absolute atomic E-state index is 11.8. The van der Waals surface area contributed by atoms with Crippen LogP contribution in [0.15, 0.2) is 0 Å². The summed E-state index contributed by atoms with van der Waals surface area (Å²) in [5, 5.41) is 1.44. The zero-order chi connectivity index (χ0) is 16.9. The molecule has 2 saturated carbocycles. The Balaban J connectivity index is 1.13. The van der Waals surface area contributed by atoms with Crippen molar-refractivity contribution in [3.8, 4) is 0 Å². The van der Waals surface area contributed by atoms with Crippen LogP contribution in [0.4, 0.5) is 0 Å². The van der Waals surface area contributed by atoms with E-state index < -0.39 is 11.9 Å². The summed E-state index contributed by atoms with van der Waals surface area (Å²) < 4.78 is 11.4. The molecule has 2 aliphatic carbocycles. The second-order valence-electron chi connectivity index (χ2n) is 8.32. The molecule has 4 fully saturated rings. The Morgan fingerprint density at radius 2 is 1.29 bits per heavy atom. The Bertz CT molecular complexity index is 505. The van der Waals surface area contributed by atoms with Gasteiger partial charge in [-0.05, 0) is 64.2 Å². The van der Waals surface area contributed by atoms with Crippen molar-refractivity contribution >= 4 is 35.5 Å². The molecule has 6 unspecified atom stereocenters. The molecule has 4 rings (SSSR count). The molecule has 4 nitrogen and oxygen atoms in total. The lowest BCUT2D eigenvalue weighted by molar-refractivity contribution is -0.169. The van der Waals surface area contributed by atoms with E-state index in [9.17, 15) is 9.59 Å². The van der Waals surface area contributed by atoms with Crippen LogP contribution >= 0.6 is 23.5 Å². The summed E-state index contributed by atoms with van der Waals surface area (Å²) >= 11 is 4.08. The minimum atomic E-state index is -0.812. The van der Waals surface area contributed by atoms with Crippen LogP contribution in [0.1, 0.15) is 52.4 Å². The van der Waals surface area contributed by atoms with Gasteiger partial charge in [-0.15, -0.1) is 23.5 Å². The van der Waals surface area contributed by atoms with Gasteiger partial charge in [0.1, 0.15) is 0 Å². The Hall–Kier alpha value is -0.360. The van der Waals surface area contributed by atoms with Gasteiger partial charge in [-0.2, -0.15) is 0 Å². The first-order chi connectivity index (χ1) is 11.4. The van der Waals surface area contributed by atoms with Crippen LogP contribution in [-0.4, -0.2) is 45.1 Å². The molecule has 0 amide bonds. The maximum atomic E-state index is 11.8. The van der Waals surface area contributed by atoms with Crippen LogP contribution in [0.25, 0.3) is 0 Å². The molecule has 2 saturated heterocycles. The van der Waals surface area contributed by atoms with Crippen molar-refractivity contribution in [1.82, 2.24) is 0 Å². The third-order valence-electron chi connectivity index (χ3n) is 6.33. The van der Waals surface area contributed by atoms with E-state index in [-0.39, 0.29) is 0 Å². The fourth-order valence-electron chi connectivity index (χ4n) is 4.25. The van der Waals surface area contributed by atoms with Gasteiger partial charge in [0, 0.05) is 20.0 Å². The minimum absolute atomic E-state index is 0.363. The van der Waals surface area contributed by atoms with Crippen LogP contribution in [0, 0.1) is 11.8 Å². The smallest absolute Gasteiger partial charge is 0.417 e. The Morgan fingerprint density at radius 1 is 0.875 bits per heavy atom. The fourth-order valence-corrected chi connectivity index (χ4v) is 7.05. The van der Waals surface area contributed by atoms with Gasteiger partial charge in [0.15, 0.2) is 0 Å². The van der Waals surface area contributed by atoms with E-state index in [4.69, 9.17) is 9.47 Å². The zero-order valence-corrected chi connectivity index (χ0v) is 16.0. The molecule has 24 heavy (non-hydrogen) atoms. The zero-order valence-electron chi connectivity index (χ0n) is 14.4. The second-order valence-corrected chi connectivity index (χ2v) is 11.8. The monoisotopic (exact) mass is 370 g/mol. The first kappa shape index (κ1) is 17.1. The summed E-state index contributed by atoms with van der Waals surface area (Å²) in [7, 11) is 0. The molecule has 0 aromatic carbocycles. The highest BCUT2D eigenvalue weighted by molar-refractivity contribution is 8.08. The van der Waals surface area contributed by atoms with Crippen molar-refractivity contribution in [1.29, 1.82) is 0 Å². The minimum Gasteiger partial charge on any atom is -0.457 e. The highest BCUT2D eigenvalue weighted by Crippen LogP contribution is 2.62.